The summed E-state index contributed by atoms with van der Waals surface area (Å²) in [7, 11) is 0. The summed E-state index contributed by atoms with van der Waals surface area (Å²) >= 11 is 0. The fourth-order valence-corrected chi connectivity index (χ4v) is 2.59. The number of hydrazine groups is 1. The quantitative estimate of drug-likeness (QED) is 0.442. The minimum absolute atomic E-state index is 0.255. The lowest BCUT2D eigenvalue weighted by Gasteiger charge is -2.09. The van der Waals surface area contributed by atoms with Crippen molar-refractivity contribution in [2.75, 3.05) is 6.61 Å². The number of amides is 2. The molecule has 0 saturated carbocycles. The summed E-state index contributed by atoms with van der Waals surface area (Å²) in [4.78, 5) is 35.7. The maximum absolute atomic E-state index is 12.1. The molecule has 0 fully saturated rings. The largest absolute Gasteiger partial charge is 0.489 e. The van der Waals surface area contributed by atoms with Crippen molar-refractivity contribution in [3.8, 4) is 5.75 Å². The van der Waals surface area contributed by atoms with E-state index in [-0.39, 0.29) is 5.56 Å². The lowest BCUT2D eigenvalue weighted by Crippen LogP contribution is -2.43. The minimum atomic E-state index is -0.679. The summed E-state index contributed by atoms with van der Waals surface area (Å²) in [6, 6.07) is 14.7. The van der Waals surface area contributed by atoms with Crippen LogP contribution >= 0.6 is 0 Å². The average Bonchev–Trinajstić information content (AvgIpc) is 3.12. The van der Waals surface area contributed by atoms with Crippen molar-refractivity contribution in [1.82, 2.24) is 16.0 Å². The Hall–Kier alpha value is -4.14. The molecule has 160 valence electrons. The van der Waals surface area contributed by atoms with Gasteiger partial charge in [-0.05, 0) is 50.2 Å². The van der Waals surface area contributed by atoms with E-state index in [1.807, 2.05) is 6.92 Å². The van der Waals surface area contributed by atoms with Crippen molar-refractivity contribution in [3.05, 3.63) is 82.7 Å². The molecule has 2 N–H and O–H groups in total. The monoisotopic (exact) mass is 423 g/mol. The van der Waals surface area contributed by atoms with E-state index < -0.39 is 24.4 Å². The zero-order valence-electron chi connectivity index (χ0n) is 17.0. The smallest absolute Gasteiger partial charge is 0.338 e. The molecule has 0 unspecified atom stereocenters. The number of ether oxygens (including phenoxy) is 2. The Morgan fingerprint density at radius 1 is 0.935 bits per heavy atom. The van der Waals surface area contributed by atoms with Crippen molar-refractivity contribution >= 4 is 17.8 Å². The van der Waals surface area contributed by atoms with E-state index in [1.165, 1.54) is 12.1 Å². The molecule has 0 atom stereocenters. The third-order valence-corrected chi connectivity index (χ3v) is 4.34. The number of benzene rings is 2. The number of rotatable bonds is 7. The SMILES string of the molecule is Cc1noc(C)c1COc1ccc(C(=O)OCC(=O)NNC(=O)c2ccccc2)cc1. The molecule has 9 nitrogen and oxygen atoms in total. The first-order chi connectivity index (χ1) is 14.9. The van der Waals surface area contributed by atoms with Crippen LogP contribution in [0.2, 0.25) is 0 Å². The van der Waals surface area contributed by atoms with Gasteiger partial charge in [-0.1, -0.05) is 23.4 Å². The molecule has 9 heteroatoms. The molecule has 0 radical (unpaired) electrons. The highest BCUT2D eigenvalue weighted by Crippen LogP contribution is 2.18. The minimum Gasteiger partial charge on any atom is -0.489 e. The maximum atomic E-state index is 12.1. The van der Waals surface area contributed by atoms with Crippen LogP contribution in [0.1, 0.15) is 37.7 Å². The first-order valence-electron chi connectivity index (χ1n) is 9.40. The molecule has 1 aromatic heterocycles. The van der Waals surface area contributed by atoms with Gasteiger partial charge in [0.05, 0.1) is 16.8 Å². The molecule has 0 aliphatic heterocycles. The van der Waals surface area contributed by atoms with Crippen LogP contribution in [0.4, 0.5) is 0 Å². The van der Waals surface area contributed by atoms with Crippen LogP contribution < -0.4 is 15.6 Å². The van der Waals surface area contributed by atoms with Gasteiger partial charge < -0.3 is 14.0 Å². The summed E-state index contributed by atoms with van der Waals surface area (Å²) in [5, 5.41) is 3.87. The number of nitrogens with one attached hydrogen (secondary N) is 2. The Balaban J connectivity index is 1.42. The van der Waals surface area contributed by atoms with E-state index in [0.29, 0.717) is 23.7 Å². The topological polar surface area (TPSA) is 120 Å². The van der Waals surface area contributed by atoms with E-state index in [0.717, 1.165) is 11.3 Å². The highest BCUT2D eigenvalue weighted by Gasteiger charge is 2.13. The van der Waals surface area contributed by atoms with Gasteiger partial charge in [0.15, 0.2) is 6.61 Å². The molecule has 0 aliphatic carbocycles. The lowest BCUT2D eigenvalue weighted by atomic mass is 10.2. The lowest BCUT2D eigenvalue weighted by molar-refractivity contribution is -0.125. The van der Waals surface area contributed by atoms with Crippen LogP contribution in [-0.4, -0.2) is 29.5 Å². The van der Waals surface area contributed by atoms with Crippen molar-refractivity contribution in [2.24, 2.45) is 0 Å². The summed E-state index contributed by atoms with van der Waals surface area (Å²) in [6.07, 6.45) is 0. The van der Waals surface area contributed by atoms with E-state index in [2.05, 4.69) is 16.0 Å². The van der Waals surface area contributed by atoms with E-state index in [4.69, 9.17) is 14.0 Å². The highest BCUT2D eigenvalue weighted by molar-refractivity contribution is 5.96. The number of nitrogens with zero attached hydrogens (tertiary/aromatic N) is 1. The number of esters is 1. The molecule has 0 spiro atoms. The van der Waals surface area contributed by atoms with Crippen LogP contribution in [0, 0.1) is 13.8 Å². The Kier molecular flexibility index (Phi) is 7.00. The molecule has 31 heavy (non-hydrogen) atoms. The average molecular weight is 423 g/mol. The molecule has 0 saturated heterocycles. The number of carbonyl (C=O) groups excluding carboxylic acids is 3. The van der Waals surface area contributed by atoms with Gasteiger partial charge in [-0.3, -0.25) is 20.4 Å². The van der Waals surface area contributed by atoms with Crippen molar-refractivity contribution in [2.45, 2.75) is 20.5 Å². The standard InChI is InChI=1S/C22H21N3O6/c1-14-19(15(2)31-25-14)12-29-18-10-8-17(9-11-18)22(28)30-13-20(26)23-24-21(27)16-6-4-3-5-7-16/h3-11H,12-13H2,1-2H3,(H,23,26)(H,24,27). The molecule has 2 amide bonds. The fourth-order valence-electron chi connectivity index (χ4n) is 2.59. The number of aryl methyl sites for hydroxylation is 2. The van der Waals surface area contributed by atoms with Crippen LogP contribution in [0.5, 0.6) is 5.75 Å². The zero-order chi connectivity index (χ0) is 22.2. The fraction of sp³-hybridized carbons (Fsp3) is 0.182. The molecule has 3 aromatic rings. The van der Waals surface area contributed by atoms with Crippen LogP contribution in [0.15, 0.2) is 59.1 Å². The van der Waals surface area contributed by atoms with E-state index in [9.17, 15) is 14.4 Å². The Bertz CT molecular complexity index is 1040. The predicted octanol–water partition coefficient (Wildman–Crippen LogP) is 2.49. The first kappa shape index (κ1) is 21.6. The molecule has 0 bridgehead atoms. The number of carbonyl (C=O) groups is 3. The molecule has 2 aromatic carbocycles. The van der Waals surface area contributed by atoms with Gasteiger partial charge in [0, 0.05) is 5.56 Å². The summed E-state index contributed by atoms with van der Waals surface area (Å²) in [5.74, 6) is -0.583. The van der Waals surface area contributed by atoms with Crippen molar-refractivity contribution in [1.29, 1.82) is 0 Å². The second kappa shape index (κ2) is 10.1. The molecule has 3 rings (SSSR count). The van der Waals surface area contributed by atoms with E-state index >= 15 is 0 Å². The molecular formula is C22H21N3O6. The second-order valence-electron chi connectivity index (χ2n) is 6.56. The van der Waals surface area contributed by atoms with Crippen molar-refractivity contribution < 1.29 is 28.4 Å². The van der Waals surface area contributed by atoms with Crippen LogP contribution in [0.25, 0.3) is 0 Å². The van der Waals surface area contributed by atoms with Crippen molar-refractivity contribution in [3.63, 3.8) is 0 Å². The van der Waals surface area contributed by atoms with Crippen LogP contribution in [0.3, 0.4) is 0 Å². The third kappa shape index (κ3) is 5.92. The van der Waals surface area contributed by atoms with Gasteiger partial charge in [0.25, 0.3) is 11.8 Å². The number of hydrogen-bond acceptors (Lipinski definition) is 7. The summed E-state index contributed by atoms with van der Waals surface area (Å²) < 4.78 is 15.7. The maximum Gasteiger partial charge on any atom is 0.338 e. The number of aromatic nitrogens is 1. The first-order valence-corrected chi connectivity index (χ1v) is 9.40. The van der Waals surface area contributed by atoms with Crippen LogP contribution in [-0.2, 0) is 16.1 Å². The van der Waals surface area contributed by atoms with Gasteiger partial charge in [0.2, 0.25) is 0 Å². The molecule has 1 heterocycles. The normalized spacial score (nSPS) is 10.3. The number of hydrogen-bond donors (Lipinski definition) is 2. The summed E-state index contributed by atoms with van der Waals surface area (Å²) in [5.41, 5.74) is 6.70. The van der Waals surface area contributed by atoms with Gasteiger partial charge in [-0.25, -0.2) is 4.79 Å². The Morgan fingerprint density at radius 3 is 2.29 bits per heavy atom. The van der Waals surface area contributed by atoms with E-state index in [1.54, 1.807) is 49.4 Å². The van der Waals surface area contributed by atoms with Gasteiger partial charge in [0.1, 0.15) is 18.1 Å². The summed E-state index contributed by atoms with van der Waals surface area (Å²) in [6.45, 7) is 3.39. The molecular weight excluding hydrogens is 402 g/mol. The third-order valence-electron chi connectivity index (χ3n) is 4.34. The molecule has 0 aliphatic rings. The zero-order valence-corrected chi connectivity index (χ0v) is 17.0. The predicted molar refractivity (Wildman–Crippen MR) is 109 cm³/mol. The van der Waals surface area contributed by atoms with Gasteiger partial charge in [-0.2, -0.15) is 0 Å². The second-order valence-corrected chi connectivity index (χ2v) is 6.56. The highest BCUT2D eigenvalue weighted by atomic mass is 16.5. The Labute approximate surface area is 178 Å². The Morgan fingerprint density at radius 2 is 1.65 bits per heavy atom. The van der Waals surface area contributed by atoms with Gasteiger partial charge in [-0.15, -0.1) is 0 Å². The van der Waals surface area contributed by atoms with Gasteiger partial charge >= 0.3 is 5.97 Å².